The van der Waals surface area contributed by atoms with Crippen LogP contribution in [0.3, 0.4) is 0 Å². The first-order chi connectivity index (χ1) is 26.1. The molecule has 14 nitrogen and oxygen atoms in total. The maximum atomic E-state index is 14.5. The van der Waals surface area contributed by atoms with E-state index in [0.29, 0.717) is 47.7 Å². The number of hydrogen-bond acceptors (Lipinski definition) is 12. The molecule has 2 aliphatic carbocycles. The van der Waals surface area contributed by atoms with E-state index in [1.165, 1.54) is 11.3 Å². The van der Waals surface area contributed by atoms with Crippen molar-refractivity contribution in [1.82, 2.24) is 25.7 Å². The fourth-order valence-corrected chi connectivity index (χ4v) is 8.40. The molecule has 54 heavy (non-hydrogen) atoms. The molecular weight excluding hydrogens is 713 g/mol. The molecule has 7 rings (SSSR count). The van der Waals surface area contributed by atoms with E-state index < -0.39 is 36.0 Å². The van der Waals surface area contributed by atoms with Gasteiger partial charge >= 0.3 is 12.1 Å². The molecule has 1 saturated heterocycles. The number of carbonyl (C=O) groups excluding carboxylic acids is 2. The third-order valence-electron chi connectivity index (χ3n) is 10.6. The Labute approximate surface area is 318 Å². The van der Waals surface area contributed by atoms with Gasteiger partial charge < -0.3 is 34.9 Å². The molecule has 3 fully saturated rings. The highest BCUT2D eigenvalue weighted by molar-refractivity contribution is 7.14. The van der Waals surface area contributed by atoms with Crippen LogP contribution < -0.4 is 25.6 Å². The molecule has 2 aliphatic heterocycles. The molecule has 2 amide bonds. The standard InChI is InChI=1S/C39H50N6O8S/c1-23(2)40-37-42-32(22-54-37)31-19-33(28-16-15-26(50-3)17-30(28)41-31)51-27-18-34-45(21-27)35(46)29(43-38(49)52-25-12-9-10-13-25)14-8-6-4-5-7-11-24-20-39(24,36(47)48)44-53-34/h7,11,15-17,19,22-25,27,29,34,44H,4-6,8-10,12-14,18,20-21H2,1-3H3,(H,40,42)(H,43,49)(H,47,48)/b11-7-/t24-,27-,29+,34-,39-/m1/s1. The highest BCUT2D eigenvalue weighted by Gasteiger charge is 2.60. The number of carboxylic acid groups (broad SMARTS) is 1. The number of nitrogens with one attached hydrogen (secondary N) is 3. The van der Waals surface area contributed by atoms with Crippen LogP contribution in [-0.4, -0.2) is 87.7 Å². The monoisotopic (exact) mass is 762 g/mol. The Bertz CT molecular complexity index is 1860. The van der Waals surface area contributed by atoms with Crippen molar-refractivity contribution in [3.8, 4) is 22.9 Å². The SMILES string of the molecule is COc1ccc2c(O[C@@H]3C[C@H]4ON[C@]5(C(=O)O)C[C@H]5/C=C\CCCCC[C@H](NC(=O)OC5CCCC5)C(=O)N4C3)cc(-c3csc(NC(C)C)n3)nc2c1. The third-order valence-corrected chi connectivity index (χ3v) is 11.4. The number of ether oxygens (including phenoxy) is 3. The summed E-state index contributed by atoms with van der Waals surface area (Å²) >= 11 is 1.49. The smallest absolute Gasteiger partial charge is 0.408 e. The minimum Gasteiger partial charge on any atom is -0.497 e. The Morgan fingerprint density at radius 2 is 1.89 bits per heavy atom. The van der Waals surface area contributed by atoms with Crippen LogP contribution in [0, 0.1) is 5.92 Å². The van der Waals surface area contributed by atoms with Gasteiger partial charge in [0.1, 0.15) is 41.0 Å². The molecule has 2 aromatic heterocycles. The minimum absolute atomic E-state index is 0.138. The minimum atomic E-state index is -1.29. The maximum Gasteiger partial charge on any atom is 0.408 e. The van der Waals surface area contributed by atoms with Crippen LogP contribution in [0.1, 0.15) is 84.5 Å². The number of amides is 2. The van der Waals surface area contributed by atoms with Gasteiger partial charge in [0.25, 0.3) is 0 Å². The number of rotatable bonds is 9. The van der Waals surface area contributed by atoms with Crippen molar-refractivity contribution in [3.63, 3.8) is 0 Å². The first-order valence-electron chi connectivity index (χ1n) is 19.1. The molecule has 0 spiro atoms. The molecule has 0 unspecified atom stereocenters. The Balaban J connectivity index is 1.17. The van der Waals surface area contributed by atoms with Crippen LogP contribution in [0.4, 0.5) is 9.93 Å². The maximum absolute atomic E-state index is 14.5. The molecular formula is C39H50N6O8S. The van der Waals surface area contributed by atoms with Crippen LogP contribution >= 0.6 is 11.3 Å². The van der Waals surface area contributed by atoms with Gasteiger partial charge in [0, 0.05) is 41.3 Å². The first-order valence-corrected chi connectivity index (χ1v) is 20.0. The van der Waals surface area contributed by atoms with E-state index in [4.69, 9.17) is 29.0 Å². The molecule has 15 heteroatoms. The van der Waals surface area contributed by atoms with Crippen molar-refractivity contribution in [2.75, 3.05) is 19.0 Å². The number of nitrogens with zero attached hydrogens (tertiary/aromatic N) is 3. The number of aliphatic carboxylic acids is 1. The van der Waals surface area contributed by atoms with Crippen LogP contribution in [0.25, 0.3) is 22.3 Å². The molecule has 1 aromatic carbocycles. The zero-order chi connectivity index (χ0) is 37.8. The van der Waals surface area contributed by atoms with Gasteiger partial charge in [-0.05, 0) is 77.3 Å². The summed E-state index contributed by atoms with van der Waals surface area (Å²) in [6.45, 7) is 4.24. The number of allylic oxidation sites excluding steroid dienone is 1. The number of hydrogen-bond donors (Lipinski definition) is 4. The molecule has 4 heterocycles. The topological polar surface area (TPSA) is 173 Å². The van der Waals surface area contributed by atoms with Crippen molar-refractivity contribution >= 4 is 45.3 Å². The highest BCUT2D eigenvalue weighted by Crippen LogP contribution is 2.45. The first kappa shape index (κ1) is 37.8. The number of alkyl carbamates (subject to hydrolysis) is 1. The Morgan fingerprint density at radius 3 is 2.67 bits per heavy atom. The van der Waals surface area contributed by atoms with Crippen molar-refractivity contribution in [2.24, 2.45) is 5.92 Å². The number of benzene rings is 1. The average molecular weight is 763 g/mol. The number of carbonyl (C=O) groups is 3. The van der Waals surface area contributed by atoms with Gasteiger partial charge in [0.2, 0.25) is 5.91 Å². The normalized spacial score (nSPS) is 27.0. The molecule has 290 valence electrons. The molecule has 5 atom stereocenters. The summed E-state index contributed by atoms with van der Waals surface area (Å²) in [4.78, 5) is 57.5. The van der Waals surface area contributed by atoms with E-state index in [9.17, 15) is 19.5 Å². The Morgan fingerprint density at radius 1 is 1.07 bits per heavy atom. The lowest BCUT2D eigenvalue weighted by Crippen LogP contribution is -2.53. The number of methoxy groups -OCH3 is 1. The lowest BCUT2D eigenvalue weighted by Gasteiger charge is -2.29. The zero-order valence-corrected chi connectivity index (χ0v) is 31.9. The van der Waals surface area contributed by atoms with Gasteiger partial charge in [-0.25, -0.2) is 14.8 Å². The summed E-state index contributed by atoms with van der Waals surface area (Å²) in [6, 6.07) is 6.78. The van der Waals surface area contributed by atoms with Crippen LogP contribution in [0.2, 0.25) is 0 Å². The molecule has 0 radical (unpaired) electrons. The van der Waals surface area contributed by atoms with Gasteiger partial charge in [-0.2, -0.15) is 5.48 Å². The second kappa shape index (κ2) is 16.5. The highest BCUT2D eigenvalue weighted by atomic mass is 32.1. The zero-order valence-electron chi connectivity index (χ0n) is 31.0. The number of anilines is 1. The number of pyridine rings is 1. The summed E-state index contributed by atoms with van der Waals surface area (Å²) in [5, 5.41) is 19.9. The van der Waals surface area contributed by atoms with Gasteiger partial charge in [-0.1, -0.05) is 25.0 Å². The second-order valence-corrected chi connectivity index (χ2v) is 15.9. The second-order valence-electron chi connectivity index (χ2n) is 15.0. The lowest BCUT2D eigenvalue weighted by atomic mass is 10.1. The van der Waals surface area contributed by atoms with Gasteiger partial charge in [0.15, 0.2) is 11.4 Å². The predicted octanol–water partition coefficient (Wildman–Crippen LogP) is 6.42. The van der Waals surface area contributed by atoms with Crippen molar-refractivity contribution in [3.05, 3.63) is 41.8 Å². The van der Waals surface area contributed by atoms with Crippen LogP contribution in [-0.2, 0) is 19.2 Å². The summed E-state index contributed by atoms with van der Waals surface area (Å²) < 4.78 is 17.9. The number of thiazole rings is 1. The van der Waals surface area contributed by atoms with E-state index in [1.54, 1.807) is 12.0 Å². The number of aromatic nitrogens is 2. The summed E-state index contributed by atoms with van der Waals surface area (Å²) in [7, 11) is 1.60. The Hall–Kier alpha value is -4.47. The van der Waals surface area contributed by atoms with Crippen molar-refractivity contribution in [1.29, 1.82) is 0 Å². The van der Waals surface area contributed by atoms with Crippen LogP contribution in [0.5, 0.6) is 11.5 Å². The molecule has 2 saturated carbocycles. The summed E-state index contributed by atoms with van der Waals surface area (Å²) in [5.74, 6) is -0.404. The van der Waals surface area contributed by atoms with E-state index in [1.807, 2.05) is 41.8 Å². The van der Waals surface area contributed by atoms with Gasteiger partial charge in [-0.3, -0.25) is 14.4 Å². The van der Waals surface area contributed by atoms with Crippen molar-refractivity contribution < 1.29 is 38.5 Å². The number of hydroxylamine groups is 1. The summed E-state index contributed by atoms with van der Waals surface area (Å²) in [6.07, 6.45) is 9.73. The average Bonchev–Trinajstić information content (AvgIpc) is 3.54. The molecule has 4 N–H and O–H groups in total. The fourth-order valence-electron chi connectivity index (χ4n) is 7.55. The third kappa shape index (κ3) is 8.58. The van der Waals surface area contributed by atoms with E-state index in [2.05, 4.69) is 30.0 Å². The largest absolute Gasteiger partial charge is 0.497 e. The molecule has 3 aromatic rings. The lowest BCUT2D eigenvalue weighted by molar-refractivity contribution is -0.163. The van der Waals surface area contributed by atoms with Gasteiger partial charge in [0.05, 0.1) is 24.9 Å². The van der Waals surface area contributed by atoms with E-state index in [0.717, 1.165) is 55.5 Å². The van der Waals surface area contributed by atoms with E-state index in [-0.39, 0.29) is 36.9 Å². The number of carboxylic acids is 1. The molecule has 0 bridgehead atoms. The van der Waals surface area contributed by atoms with Crippen molar-refractivity contribution in [2.45, 2.75) is 121 Å². The summed E-state index contributed by atoms with van der Waals surface area (Å²) in [5.41, 5.74) is 3.51. The van der Waals surface area contributed by atoms with Crippen LogP contribution in [0.15, 0.2) is 41.8 Å². The van der Waals surface area contributed by atoms with Gasteiger partial charge in [-0.15, -0.1) is 11.3 Å². The van der Waals surface area contributed by atoms with E-state index >= 15 is 0 Å². The fraction of sp³-hybridized carbons (Fsp3) is 0.564. The Kier molecular flexibility index (Phi) is 11.6. The quantitative estimate of drug-likeness (QED) is 0.177. The predicted molar refractivity (Wildman–Crippen MR) is 203 cm³/mol. The molecule has 4 aliphatic rings. The number of fused-ring (bicyclic) bond motifs is 3.